The van der Waals surface area contributed by atoms with Crippen LogP contribution in [0.4, 0.5) is 0 Å². The molecule has 1 aliphatic heterocycles. The highest BCUT2D eigenvalue weighted by atomic mass is 35.5. The second kappa shape index (κ2) is 10.9. The third-order valence-electron chi connectivity index (χ3n) is 4.59. The average Bonchev–Trinajstić information content (AvgIpc) is 2.90. The lowest BCUT2D eigenvalue weighted by molar-refractivity contribution is -0.130. The number of hydrogen-bond acceptors (Lipinski definition) is 4. The van der Waals surface area contributed by atoms with Crippen LogP contribution in [0.25, 0.3) is 0 Å². The van der Waals surface area contributed by atoms with Crippen molar-refractivity contribution in [3.8, 4) is 0 Å². The minimum atomic E-state index is -3.42. The Bertz CT molecular complexity index is 653. The number of sulfonamides is 1. The van der Waals surface area contributed by atoms with Gasteiger partial charge in [-0.25, -0.2) is 8.42 Å². The molecule has 1 amide bonds. The monoisotopic (exact) mass is 403 g/mol. The van der Waals surface area contributed by atoms with Crippen LogP contribution in [-0.2, 0) is 21.2 Å². The Morgan fingerprint density at radius 3 is 2.38 bits per heavy atom. The maximum absolute atomic E-state index is 12.5. The molecule has 8 heteroatoms. The number of nitrogens with zero attached hydrogens (tertiary/aromatic N) is 2. The second-order valence-corrected chi connectivity index (χ2v) is 8.16. The number of hydrogen-bond donors (Lipinski definition) is 1. The van der Waals surface area contributed by atoms with Gasteiger partial charge in [0.15, 0.2) is 0 Å². The number of amides is 1. The van der Waals surface area contributed by atoms with E-state index in [1.807, 2.05) is 30.9 Å². The number of carbonyl (C=O) groups is 1. The molecule has 1 heterocycles. The first-order chi connectivity index (χ1) is 12.0. The van der Waals surface area contributed by atoms with Crippen molar-refractivity contribution in [1.29, 1.82) is 0 Å². The van der Waals surface area contributed by atoms with E-state index in [4.69, 9.17) is 0 Å². The van der Waals surface area contributed by atoms with Gasteiger partial charge in [0, 0.05) is 39.1 Å². The second-order valence-electron chi connectivity index (χ2n) is 6.22. The van der Waals surface area contributed by atoms with Gasteiger partial charge in [-0.15, -0.1) is 12.4 Å². The molecule has 0 radical (unpaired) electrons. The highest BCUT2D eigenvalue weighted by Gasteiger charge is 2.21. The average molecular weight is 404 g/mol. The van der Waals surface area contributed by atoms with E-state index in [0.717, 1.165) is 38.2 Å². The van der Waals surface area contributed by atoms with Gasteiger partial charge in [-0.3, -0.25) is 4.79 Å². The molecule has 0 unspecified atom stereocenters. The van der Waals surface area contributed by atoms with Crippen LogP contribution in [0, 0.1) is 0 Å². The van der Waals surface area contributed by atoms with Gasteiger partial charge in [0.1, 0.15) is 0 Å². The number of nitrogens with one attached hydrogen (secondary N) is 1. The minimum Gasteiger partial charge on any atom is -0.341 e. The summed E-state index contributed by atoms with van der Waals surface area (Å²) < 4.78 is 26.4. The predicted octanol–water partition coefficient (Wildman–Crippen LogP) is 1.89. The summed E-state index contributed by atoms with van der Waals surface area (Å²) in [6.07, 6.45) is 2.08. The van der Waals surface area contributed by atoms with Gasteiger partial charge in [-0.1, -0.05) is 26.0 Å². The fourth-order valence-electron chi connectivity index (χ4n) is 3.05. The van der Waals surface area contributed by atoms with Crippen molar-refractivity contribution in [1.82, 2.24) is 14.5 Å². The highest BCUT2D eigenvalue weighted by Crippen LogP contribution is 2.17. The molecule has 1 aliphatic rings. The third-order valence-corrected chi connectivity index (χ3v) is 6.65. The Hall–Kier alpha value is -1.15. The summed E-state index contributed by atoms with van der Waals surface area (Å²) in [4.78, 5) is 14.5. The van der Waals surface area contributed by atoms with Crippen LogP contribution >= 0.6 is 12.4 Å². The summed E-state index contributed by atoms with van der Waals surface area (Å²) in [7, 11) is -3.42. The Morgan fingerprint density at radius 1 is 1.12 bits per heavy atom. The van der Waals surface area contributed by atoms with E-state index in [1.165, 1.54) is 4.31 Å². The van der Waals surface area contributed by atoms with Crippen LogP contribution in [0.3, 0.4) is 0 Å². The van der Waals surface area contributed by atoms with E-state index in [9.17, 15) is 13.2 Å². The predicted molar refractivity (Wildman–Crippen MR) is 106 cm³/mol. The van der Waals surface area contributed by atoms with E-state index in [2.05, 4.69) is 5.32 Å². The number of rotatable bonds is 7. The Labute approximate surface area is 163 Å². The third kappa shape index (κ3) is 5.94. The van der Waals surface area contributed by atoms with E-state index < -0.39 is 10.0 Å². The number of benzene rings is 1. The van der Waals surface area contributed by atoms with Gasteiger partial charge in [-0.05, 0) is 37.1 Å². The molecule has 148 valence electrons. The molecule has 1 fully saturated rings. The zero-order valence-corrected chi connectivity index (χ0v) is 17.2. The molecule has 1 aromatic rings. The zero-order chi connectivity index (χ0) is 18.3. The van der Waals surface area contributed by atoms with E-state index >= 15 is 0 Å². The van der Waals surface area contributed by atoms with E-state index in [1.54, 1.807) is 12.1 Å². The highest BCUT2D eigenvalue weighted by molar-refractivity contribution is 7.89. The molecule has 2 rings (SSSR count). The fraction of sp³-hybridized carbons (Fsp3) is 0.611. The molecule has 0 aliphatic carbocycles. The van der Waals surface area contributed by atoms with Crippen molar-refractivity contribution in [2.75, 3.05) is 39.3 Å². The van der Waals surface area contributed by atoms with Crippen molar-refractivity contribution in [2.45, 2.75) is 38.0 Å². The smallest absolute Gasteiger partial charge is 0.243 e. The SMILES string of the molecule is CCN(CC)S(=O)(=O)c1ccc(CCC(=O)N2CCCNCC2)cc1.Cl. The first-order valence-corrected chi connectivity index (χ1v) is 10.5. The summed E-state index contributed by atoms with van der Waals surface area (Å²) in [5, 5.41) is 3.29. The quantitative estimate of drug-likeness (QED) is 0.754. The fourth-order valence-corrected chi connectivity index (χ4v) is 4.50. The van der Waals surface area contributed by atoms with Gasteiger partial charge in [-0.2, -0.15) is 4.31 Å². The summed E-state index contributed by atoms with van der Waals surface area (Å²) in [5.41, 5.74) is 0.986. The molecular formula is C18H30ClN3O3S. The summed E-state index contributed by atoms with van der Waals surface area (Å²) in [5.74, 6) is 0.170. The van der Waals surface area contributed by atoms with Gasteiger partial charge >= 0.3 is 0 Å². The van der Waals surface area contributed by atoms with Gasteiger partial charge in [0.25, 0.3) is 0 Å². The number of halogens is 1. The first-order valence-electron chi connectivity index (χ1n) is 9.06. The van der Waals surface area contributed by atoms with E-state index in [0.29, 0.717) is 30.8 Å². The molecule has 1 saturated heterocycles. The van der Waals surface area contributed by atoms with Crippen LogP contribution in [0.1, 0.15) is 32.3 Å². The zero-order valence-electron chi connectivity index (χ0n) is 15.6. The lowest BCUT2D eigenvalue weighted by Gasteiger charge is -2.20. The molecule has 0 saturated carbocycles. The molecule has 6 nitrogen and oxygen atoms in total. The number of aryl methyl sites for hydroxylation is 1. The first kappa shape index (κ1) is 22.9. The number of carbonyl (C=O) groups excluding carboxylic acids is 1. The molecule has 26 heavy (non-hydrogen) atoms. The molecular weight excluding hydrogens is 374 g/mol. The van der Waals surface area contributed by atoms with Crippen LogP contribution in [0.5, 0.6) is 0 Å². The van der Waals surface area contributed by atoms with Crippen molar-refractivity contribution in [3.63, 3.8) is 0 Å². The van der Waals surface area contributed by atoms with Crippen LogP contribution < -0.4 is 5.32 Å². The van der Waals surface area contributed by atoms with Crippen molar-refractivity contribution in [2.24, 2.45) is 0 Å². The normalized spacial score (nSPS) is 15.4. The summed E-state index contributed by atoms with van der Waals surface area (Å²) in [6, 6.07) is 6.91. The Kier molecular flexibility index (Phi) is 9.57. The lowest BCUT2D eigenvalue weighted by Crippen LogP contribution is -2.34. The molecule has 0 bridgehead atoms. The maximum Gasteiger partial charge on any atom is 0.243 e. The van der Waals surface area contributed by atoms with Crippen LogP contribution in [0.2, 0.25) is 0 Å². The lowest BCUT2D eigenvalue weighted by atomic mass is 10.1. The molecule has 0 atom stereocenters. The summed E-state index contributed by atoms with van der Waals surface area (Å²) >= 11 is 0. The molecule has 0 spiro atoms. The van der Waals surface area contributed by atoms with Gasteiger partial charge < -0.3 is 10.2 Å². The minimum absolute atomic E-state index is 0. The topological polar surface area (TPSA) is 69.7 Å². The van der Waals surface area contributed by atoms with Gasteiger partial charge in [0.2, 0.25) is 15.9 Å². The molecule has 1 N–H and O–H groups in total. The largest absolute Gasteiger partial charge is 0.341 e. The van der Waals surface area contributed by atoms with Gasteiger partial charge in [0.05, 0.1) is 4.90 Å². The van der Waals surface area contributed by atoms with Crippen LogP contribution in [-0.4, -0.2) is 62.8 Å². The Morgan fingerprint density at radius 2 is 1.77 bits per heavy atom. The van der Waals surface area contributed by atoms with Crippen LogP contribution in [0.15, 0.2) is 29.2 Å². The molecule has 1 aromatic carbocycles. The maximum atomic E-state index is 12.5. The van der Waals surface area contributed by atoms with Crippen molar-refractivity contribution >= 4 is 28.3 Å². The van der Waals surface area contributed by atoms with Crippen molar-refractivity contribution < 1.29 is 13.2 Å². The Balaban J connectivity index is 0.00000338. The van der Waals surface area contributed by atoms with Crippen molar-refractivity contribution in [3.05, 3.63) is 29.8 Å². The van der Waals surface area contributed by atoms with E-state index in [-0.39, 0.29) is 18.3 Å². The molecule has 0 aromatic heterocycles. The summed E-state index contributed by atoms with van der Waals surface area (Å²) in [6.45, 7) is 7.97. The standard InChI is InChI=1S/C18H29N3O3S.ClH/c1-3-21(4-2)25(23,24)17-9-6-16(7-10-17)8-11-18(22)20-14-5-12-19-13-15-20;/h6-7,9-10,19H,3-5,8,11-15H2,1-2H3;1H.